The monoisotopic (exact) mass is 1290 g/mol. The Bertz CT molecular complexity index is 2510. The van der Waals surface area contributed by atoms with Crippen molar-refractivity contribution in [2.75, 3.05) is 83.2 Å². The highest BCUT2D eigenvalue weighted by molar-refractivity contribution is 7.81. The van der Waals surface area contributed by atoms with E-state index in [1.54, 1.807) is 30.3 Å². The number of aliphatic hydroxyl groups is 4. The van der Waals surface area contributed by atoms with Crippen molar-refractivity contribution in [3.8, 4) is 0 Å². The minimum Gasteiger partial charge on any atom is -0.726 e. The van der Waals surface area contributed by atoms with Crippen LogP contribution in [0.4, 0.5) is 4.79 Å². The molecule has 0 saturated carbocycles. The standard InChI is InChI=1S/C48H75NO35S2/c1-65-28-21(14-15-49-48(58)73-18-20-12-10-9-11-13-20)75-24(19-74-85(59,60)61)30(36(28)84-86(62,63)64)79-47-41(72-8)32(68-4)34(37(83-47)42(54)55)80-44-26(53)25(52)27(22(16-50)76-44)78-46-40(71-7)33(69-5)35(38(82-46)43(56)57)81-45-39(70-6)31(67-3)29(66-2)23(17-51)77-45/h9-13,21-41,44-47,50-53H,14-19H2,1-8H3,(H,49,58)(H,54,55)(H,56,57)(H,59,60,61)(H,62,63,64)/p-2/t21-,22-,23-,24-,25-,26-,27-,28+,29-,30-,31+,32+,33+,34+,35+,36-,37-,38+,39-,40-,41-,44-,45-,46-,47-/m1/s1. The summed E-state index contributed by atoms with van der Waals surface area (Å²) in [5.41, 5.74) is 0.647. The summed E-state index contributed by atoms with van der Waals surface area (Å²) < 4.78 is 186. The second-order valence-electron chi connectivity index (χ2n) is 19.6. The van der Waals surface area contributed by atoms with Gasteiger partial charge in [0.25, 0.3) is 0 Å². The van der Waals surface area contributed by atoms with Crippen LogP contribution in [0.5, 0.6) is 0 Å². The third-order valence-corrected chi connectivity index (χ3v) is 15.5. The largest absolute Gasteiger partial charge is 0.726 e. The van der Waals surface area contributed by atoms with Gasteiger partial charge in [0.15, 0.2) is 37.4 Å². The molecular formula is C48H73NO35S2-2. The zero-order valence-corrected chi connectivity index (χ0v) is 49.0. The molecule has 1 aromatic rings. The molecule has 5 aliphatic heterocycles. The topological polar surface area (TPSA) is 484 Å². The molecule has 0 bridgehead atoms. The van der Waals surface area contributed by atoms with Gasteiger partial charge in [-0.3, -0.25) is 8.37 Å². The molecule has 0 spiro atoms. The fourth-order valence-electron chi connectivity index (χ4n) is 10.8. The fourth-order valence-corrected chi connectivity index (χ4v) is 11.5. The van der Waals surface area contributed by atoms with Gasteiger partial charge in [-0.05, 0) is 12.0 Å². The van der Waals surface area contributed by atoms with Gasteiger partial charge in [-0.25, -0.2) is 31.2 Å². The molecule has 5 aliphatic rings. The summed E-state index contributed by atoms with van der Waals surface area (Å²) in [5.74, 6) is -3.50. The third kappa shape index (κ3) is 17.4. The van der Waals surface area contributed by atoms with Crippen molar-refractivity contribution >= 4 is 38.8 Å². The molecule has 494 valence electrons. The first-order valence-electron chi connectivity index (χ1n) is 26.2. The summed E-state index contributed by atoms with van der Waals surface area (Å²) in [6, 6.07) is 8.56. The van der Waals surface area contributed by atoms with Gasteiger partial charge in [-0.2, -0.15) is 0 Å². The van der Waals surface area contributed by atoms with E-state index in [1.165, 1.54) is 28.4 Å². The number of hydrogen-bond acceptors (Lipinski definition) is 33. The van der Waals surface area contributed by atoms with E-state index in [-0.39, 0.29) is 19.6 Å². The number of alkyl carbamates (subject to hydrolysis) is 1. The number of amides is 1. The predicted molar refractivity (Wildman–Crippen MR) is 270 cm³/mol. The van der Waals surface area contributed by atoms with Crippen LogP contribution >= 0.6 is 0 Å². The Kier molecular flexibility index (Phi) is 26.9. The Morgan fingerprint density at radius 2 is 0.930 bits per heavy atom. The zero-order valence-electron chi connectivity index (χ0n) is 47.4. The molecule has 86 heavy (non-hydrogen) atoms. The van der Waals surface area contributed by atoms with E-state index in [2.05, 4.69) is 9.50 Å². The van der Waals surface area contributed by atoms with Crippen LogP contribution in [0.15, 0.2) is 30.3 Å². The molecular weight excluding hydrogens is 1210 g/mol. The third-order valence-electron chi connectivity index (χ3n) is 14.7. The minimum atomic E-state index is -5.78. The van der Waals surface area contributed by atoms with Gasteiger partial charge < -0.3 is 130 Å². The van der Waals surface area contributed by atoms with Crippen LogP contribution in [-0.4, -0.2) is 311 Å². The molecule has 7 N–H and O–H groups in total. The average Bonchev–Trinajstić information content (AvgIpc) is 0.965. The second-order valence-corrected chi connectivity index (χ2v) is 21.7. The lowest BCUT2D eigenvalue weighted by Gasteiger charge is -2.51. The summed E-state index contributed by atoms with van der Waals surface area (Å²) in [4.78, 5) is 38.7. The highest BCUT2D eigenvalue weighted by Crippen LogP contribution is 2.39. The SMILES string of the molecule is CO[C@@H]1[C@@H](OC)[C@H](O[C@H]2[C@H](O)[C@@H](O)[C@@H](O[C@H]3[C@H](OC)[C@@H](OC)[C@H](O[C@H]4[C@H](OS(=O)(=O)[O-])[C@@H](OC)[C@@H](CCNC(=O)OCc5ccccc5)O[C@@H]4COS(=O)(=O)[O-])O[C@H]3C(=O)O)O[C@@H]2CO)O[C@H](C(=O)O)[C@H]1O[C@H]1O[C@H](CO)[C@@H](OC)[C@H](OC)[C@H]1OC. The van der Waals surface area contributed by atoms with E-state index in [0.29, 0.717) is 5.56 Å². The number of ether oxygens (including phenoxy) is 18. The van der Waals surface area contributed by atoms with Gasteiger partial charge in [-0.15, -0.1) is 0 Å². The first-order chi connectivity index (χ1) is 40.8. The van der Waals surface area contributed by atoms with Crippen LogP contribution in [-0.2, 0) is 131 Å². The van der Waals surface area contributed by atoms with Crippen molar-refractivity contribution in [1.29, 1.82) is 0 Å². The second kappa shape index (κ2) is 32.4. The van der Waals surface area contributed by atoms with Crippen molar-refractivity contribution in [1.82, 2.24) is 5.32 Å². The van der Waals surface area contributed by atoms with Gasteiger partial charge >= 0.3 is 18.0 Å². The molecule has 5 heterocycles. The van der Waals surface area contributed by atoms with Crippen LogP contribution in [0.3, 0.4) is 0 Å². The first kappa shape index (κ1) is 71.4. The van der Waals surface area contributed by atoms with E-state index < -0.39 is 212 Å². The number of carbonyl (C=O) groups excluding carboxylic acids is 1. The number of nitrogens with one attached hydrogen (secondary N) is 1. The summed E-state index contributed by atoms with van der Waals surface area (Å²) in [6.07, 6.45) is -44.4. The molecule has 1 aromatic carbocycles. The van der Waals surface area contributed by atoms with Crippen molar-refractivity contribution in [3.05, 3.63) is 35.9 Å². The van der Waals surface area contributed by atoms with E-state index >= 15 is 0 Å². The van der Waals surface area contributed by atoms with Crippen molar-refractivity contribution < 1.29 is 165 Å². The Balaban J connectivity index is 1.21. The van der Waals surface area contributed by atoms with Gasteiger partial charge in [0.2, 0.25) is 20.8 Å². The van der Waals surface area contributed by atoms with Crippen LogP contribution in [0, 0.1) is 0 Å². The number of carboxylic acid groups (broad SMARTS) is 2. The minimum absolute atomic E-state index is 0.129. The average molecular weight is 1290 g/mol. The number of aliphatic hydroxyl groups excluding tert-OH is 4. The highest BCUT2D eigenvalue weighted by atomic mass is 32.3. The van der Waals surface area contributed by atoms with Gasteiger partial charge in [-0.1, -0.05) is 30.3 Å². The van der Waals surface area contributed by atoms with Crippen LogP contribution < -0.4 is 5.32 Å². The molecule has 6 rings (SSSR count). The molecule has 25 atom stereocenters. The molecule has 0 radical (unpaired) electrons. The van der Waals surface area contributed by atoms with Crippen LogP contribution in [0.2, 0.25) is 0 Å². The Morgan fingerprint density at radius 1 is 0.500 bits per heavy atom. The maximum absolute atomic E-state index is 13.2. The van der Waals surface area contributed by atoms with E-state index in [4.69, 9.17) is 89.4 Å². The Morgan fingerprint density at radius 3 is 1.40 bits per heavy atom. The molecule has 36 nitrogen and oxygen atoms in total. The quantitative estimate of drug-likeness (QED) is 0.0280. The molecule has 0 aromatic heterocycles. The van der Waals surface area contributed by atoms with E-state index in [0.717, 1.165) is 28.4 Å². The van der Waals surface area contributed by atoms with Crippen molar-refractivity contribution in [2.45, 2.75) is 166 Å². The first-order valence-corrected chi connectivity index (χ1v) is 28.9. The van der Waals surface area contributed by atoms with Gasteiger partial charge in [0.05, 0.1) is 25.9 Å². The fraction of sp³-hybridized carbons (Fsp3) is 0.812. The van der Waals surface area contributed by atoms with Gasteiger partial charge in [0.1, 0.15) is 116 Å². The molecule has 5 fully saturated rings. The summed E-state index contributed by atoms with van der Waals surface area (Å²) in [6.45, 7) is -3.35. The predicted octanol–water partition coefficient (Wildman–Crippen LogP) is -5.17. The number of rotatable bonds is 30. The van der Waals surface area contributed by atoms with Crippen LogP contribution in [0.1, 0.15) is 12.0 Å². The number of carbonyl (C=O) groups is 3. The number of aliphatic carboxylic acids is 2. The van der Waals surface area contributed by atoms with Crippen LogP contribution in [0.25, 0.3) is 0 Å². The molecule has 0 unspecified atom stereocenters. The lowest BCUT2D eigenvalue weighted by Crippen LogP contribution is -2.69. The molecule has 1 amide bonds. The number of methoxy groups -OCH3 is 8. The van der Waals surface area contributed by atoms with Gasteiger partial charge in [0, 0.05) is 63.4 Å². The summed E-state index contributed by atoms with van der Waals surface area (Å²) in [5, 5.41) is 67.8. The van der Waals surface area contributed by atoms with E-state index in [9.17, 15) is 71.0 Å². The zero-order chi connectivity index (χ0) is 63.4. The lowest BCUT2D eigenvalue weighted by atomic mass is 9.92. The molecule has 0 aliphatic carbocycles. The van der Waals surface area contributed by atoms with Crippen molar-refractivity contribution in [2.24, 2.45) is 0 Å². The summed E-state index contributed by atoms with van der Waals surface area (Å²) in [7, 11) is -1.96. The molecule has 5 saturated heterocycles. The van der Waals surface area contributed by atoms with E-state index in [1.807, 2.05) is 0 Å². The number of benzene rings is 1. The number of hydrogen-bond donors (Lipinski definition) is 7. The maximum Gasteiger partial charge on any atom is 0.407 e. The molecule has 38 heteroatoms. The maximum atomic E-state index is 13.2. The highest BCUT2D eigenvalue weighted by Gasteiger charge is 2.60. The Hall–Kier alpha value is -3.67. The van der Waals surface area contributed by atoms with Crippen molar-refractivity contribution in [3.63, 3.8) is 0 Å². The smallest absolute Gasteiger partial charge is 0.407 e. The number of carboxylic acids is 2. The Labute approximate surface area is 492 Å². The summed E-state index contributed by atoms with van der Waals surface area (Å²) >= 11 is 0. The lowest BCUT2D eigenvalue weighted by molar-refractivity contribution is -0.390. The normalized spacial score (nSPS) is 38.9.